The van der Waals surface area contributed by atoms with E-state index in [1.54, 1.807) is 12.2 Å². The molecule has 0 unspecified atom stereocenters. The van der Waals surface area contributed by atoms with Gasteiger partial charge in [0, 0.05) is 6.42 Å². The van der Waals surface area contributed by atoms with Crippen LogP contribution in [0.5, 0.6) is 0 Å². The first-order valence-electron chi connectivity index (χ1n) is 6.29. The summed E-state index contributed by atoms with van der Waals surface area (Å²) in [6.07, 6.45) is 17.4. The third-order valence-electron chi connectivity index (χ3n) is 2.08. The van der Waals surface area contributed by atoms with Crippen molar-refractivity contribution in [2.24, 2.45) is 0 Å². The molecule has 0 saturated heterocycles. The Bertz CT molecular complexity index is 402. The van der Waals surface area contributed by atoms with Gasteiger partial charge in [-0.2, -0.15) is 0 Å². The first-order chi connectivity index (χ1) is 8.91. The lowest BCUT2D eigenvalue weighted by molar-refractivity contribution is -0.107. The van der Waals surface area contributed by atoms with Gasteiger partial charge >= 0.3 is 0 Å². The molecule has 1 heteroatoms. The van der Waals surface area contributed by atoms with E-state index in [1.165, 1.54) is 0 Å². The minimum absolute atomic E-state index is 0.688. The number of allylic oxidation sites excluding steroid dienone is 6. The van der Waals surface area contributed by atoms with Gasteiger partial charge in [0.2, 0.25) is 0 Å². The van der Waals surface area contributed by atoms with Crippen molar-refractivity contribution >= 4 is 6.29 Å². The Morgan fingerprint density at radius 1 is 0.889 bits per heavy atom. The summed E-state index contributed by atoms with van der Waals surface area (Å²) in [5, 5.41) is 0. The summed E-state index contributed by atoms with van der Waals surface area (Å²) < 4.78 is 0. The van der Waals surface area contributed by atoms with Crippen molar-refractivity contribution in [3.8, 4) is 23.7 Å². The molecule has 0 amide bonds. The van der Waals surface area contributed by atoms with Crippen LogP contribution in [0.4, 0.5) is 0 Å². The molecule has 0 heterocycles. The van der Waals surface area contributed by atoms with Gasteiger partial charge in [-0.05, 0) is 50.2 Å². The van der Waals surface area contributed by atoms with E-state index in [1.807, 2.05) is 25.2 Å². The number of unbranched alkanes of at least 4 members (excludes halogenated alkanes) is 4. The van der Waals surface area contributed by atoms with Crippen LogP contribution in [-0.4, -0.2) is 6.29 Å². The molecular formula is C17H20O. The van der Waals surface area contributed by atoms with Crippen molar-refractivity contribution in [2.75, 3.05) is 0 Å². The molecule has 0 aliphatic heterocycles. The number of rotatable bonds is 7. The Labute approximate surface area is 111 Å². The third-order valence-corrected chi connectivity index (χ3v) is 2.08. The molecular weight excluding hydrogens is 220 g/mol. The number of carbonyl (C=O) groups excluding carboxylic acids is 1. The van der Waals surface area contributed by atoms with E-state index in [0.717, 1.165) is 32.0 Å². The van der Waals surface area contributed by atoms with Gasteiger partial charge in [-0.25, -0.2) is 0 Å². The average molecular weight is 240 g/mol. The second-order valence-electron chi connectivity index (χ2n) is 3.63. The van der Waals surface area contributed by atoms with Gasteiger partial charge in [0.25, 0.3) is 0 Å². The summed E-state index contributed by atoms with van der Waals surface area (Å²) in [5.41, 5.74) is 0. The summed E-state index contributed by atoms with van der Waals surface area (Å²) >= 11 is 0. The standard InChI is InChI=1S/C17H20O/c1-2-3-4-5-6-7-8-9-10-11-12-13-14-15-16-17-18/h2-3,8-11,17H,12-16H2,1H3. The summed E-state index contributed by atoms with van der Waals surface area (Å²) in [7, 11) is 0. The molecule has 0 fully saturated rings. The van der Waals surface area contributed by atoms with E-state index < -0.39 is 0 Å². The summed E-state index contributed by atoms with van der Waals surface area (Å²) in [4.78, 5) is 10.1. The topological polar surface area (TPSA) is 17.1 Å². The van der Waals surface area contributed by atoms with E-state index in [9.17, 15) is 4.79 Å². The molecule has 1 nitrogen and oxygen atoms in total. The van der Waals surface area contributed by atoms with Crippen LogP contribution in [-0.2, 0) is 4.79 Å². The molecule has 0 saturated carbocycles. The molecule has 0 aromatic carbocycles. The maximum atomic E-state index is 10.1. The van der Waals surface area contributed by atoms with E-state index in [-0.39, 0.29) is 0 Å². The largest absolute Gasteiger partial charge is 0.303 e. The van der Waals surface area contributed by atoms with Crippen LogP contribution in [0.25, 0.3) is 0 Å². The highest BCUT2D eigenvalue weighted by atomic mass is 16.1. The van der Waals surface area contributed by atoms with Crippen molar-refractivity contribution in [1.29, 1.82) is 0 Å². The van der Waals surface area contributed by atoms with Crippen LogP contribution < -0.4 is 0 Å². The highest BCUT2D eigenvalue weighted by Gasteiger charge is 1.85. The van der Waals surface area contributed by atoms with E-state index in [0.29, 0.717) is 6.42 Å². The molecule has 18 heavy (non-hydrogen) atoms. The molecule has 0 aliphatic rings. The van der Waals surface area contributed by atoms with Gasteiger partial charge in [-0.1, -0.05) is 42.6 Å². The molecule has 0 radical (unpaired) electrons. The fourth-order valence-electron chi connectivity index (χ4n) is 1.18. The summed E-state index contributed by atoms with van der Waals surface area (Å²) in [6.45, 7) is 1.92. The molecule has 0 bridgehead atoms. The Morgan fingerprint density at radius 3 is 2.33 bits per heavy atom. The Balaban J connectivity index is 3.57. The monoisotopic (exact) mass is 240 g/mol. The molecule has 0 atom stereocenters. The molecule has 0 aromatic rings. The number of aldehydes is 1. The maximum absolute atomic E-state index is 10.1. The molecule has 0 spiro atoms. The minimum atomic E-state index is 0.688. The van der Waals surface area contributed by atoms with E-state index >= 15 is 0 Å². The van der Waals surface area contributed by atoms with Crippen LogP contribution in [0.3, 0.4) is 0 Å². The smallest absolute Gasteiger partial charge is 0.119 e. The van der Waals surface area contributed by atoms with Gasteiger partial charge in [0.1, 0.15) is 6.29 Å². The first kappa shape index (κ1) is 16.0. The second kappa shape index (κ2) is 15.0. The van der Waals surface area contributed by atoms with Gasteiger partial charge in [-0.15, -0.1) is 0 Å². The number of hydrogen-bond donors (Lipinski definition) is 0. The van der Waals surface area contributed by atoms with E-state index in [2.05, 4.69) is 29.8 Å². The lowest BCUT2D eigenvalue weighted by Crippen LogP contribution is -1.77. The van der Waals surface area contributed by atoms with Crippen molar-refractivity contribution in [2.45, 2.75) is 39.0 Å². The highest BCUT2D eigenvalue weighted by Crippen LogP contribution is 2.02. The lowest BCUT2D eigenvalue weighted by atomic mass is 10.1. The normalized spacial score (nSPS) is 10.3. The van der Waals surface area contributed by atoms with Crippen molar-refractivity contribution in [1.82, 2.24) is 0 Å². The minimum Gasteiger partial charge on any atom is -0.303 e. The fourth-order valence-corrected chi connectivity index (χ4v) is 1.18. The van der Waals surface area contributed by atoms with Crippen LogP contribution in [0, 0.1) is 23.7 Å². The maximum Gasteiger partial charge on any atom is 0.119 e. The first-order valence-corrected chi connectivity index (χ1v) is 6.29. The predicted octanol–water partition coefficient (Wildman–Crippen LogP) is 3.83. The van der Waals surface area contributed by atoms with Crippen molar-refractivity contribution in [3.05, 3.63) is 36.5 Å². The Morgan fingerprint density at radius 2 is 1.61 bits per heavy atom. The SMILES string of the molecule is CC=CC#CC#CC=CC=CCCCCCC=O. The zero-order valence-corrected chi connectivity index (χ0v) is 11.0. The van der Waals surface area contributed by atoms with Crippen LogP contribution in [0.15, 0.2) is 36.5 Å². The summed E-state index contributed by atoms with van der Waals surface area (Å²) in [6, 6.07) is 0. The number of carbonyl (C=O) groups is 1. The van der Waals surface area contributed by atoms with Crippen LogP contribution >= 0.6 is 0 Å². The van der Waals surface area contributed by atoms with Gasteiger partial charge in [0.05, 0.1) is 0 Å². The molecule has 0 aromatic heterocycles. The predicted molar refractivity (Wildman–Crippen MR) is 77.8 cm³/mol. The van der Waals surface area contributed by atoms with E-state index in [4.69, 9.17) is 0 Å². The number of hydrogen-bond acceptors (Lipinski definition) is 1. The molecule has 0 N–H and O–H groups in total. The van der Waals surface area contributed by atoms with Crippen molar-refractivity contribution in [3.63, 3.8) is 0 Å². The molecule has 0 aliphatic carbocycles. The third kappa shape index (κ3) is 14.0. The van der Waals surface area contributed by atoms with Crippen LogP contribution in [0.1, 0.15) is 39.0 Å². The zero-order valence-electron chi connectivity index (χ0n) is 11.0. The van der Waals surface area contributed by atoms with Gasteiger partial charge in [0.15, 0.2) is 0 Å². The van der Waals surface area contributed by atoms with Gasteiger partial charge in [-0.3, -0.25) is 0 Å². The van der Waals surface area contributed by atoms with Crippen LogP contribution in [0.2, 0.25) is 0 Å². The lowest BCUT2D eigenvalue weighted by Gasteiger charge is -1.92. The zero-order chi connectivity index (χ0) is 13.3. The fraction of sp³-hybridized carbons (Fsp3) is 0.353. The summed E-state index contributed by atoms with van der Waals surface area (Å²) in [5.74, 6) is 11.1. The van der Waals surface area contributed by atoms with Crippen molar-refractivity contribution < 1.29 is 4.79 Å². The molecule has 94 valence electrons. The Kier molecular flexibility index (Phi) is 13.4. The van der Waals surface area contributed by atoms with Gasteiger partial charge < -0.3 is 4.79 Å². The quantitative estimate of drug-likeness (QED) is 0.286. The second-order valence-corrected chi connectivity index (χ2v) is 3.63. The Hall–Kier alpha value is -1.99. The molecule has 0 rings (SSSR count). The average Bonchev–Trinajstić information content (AvgIpc) is 2.39. The highest BCUT2D eigenvalue weighted by molar-refractivity contribution is 5.48.